The summed E-state index contributed by atoms with van der Waals surface area (Å²) in [5, 5.41) is 11.7. The van der Waals surface area contributed by atoms with Crippen molar-refractivity contribution in [2.45, 2.75) is 6.29 Å². The number of halogens is 2. The molecule has 3 rings (SSSR count). The number of nitrogens with one attached hydrogen (secondary N) is 1. The number of carbonyl (C=O) groups is 2. The van der Waals surface area contributed by atoms with Crippen molar-refractivity contribution in [2.24, 2.45) is 0 Å². The van der Waals surface area contributed by atoms with E-state index in [9.17, 15) is 23.5 Å². The molecular weight excluding hydrogens is 340 g/mol. The number of fused-ring (bicyclic) bond motifs is 1. The van der Waals surface area contributed by atoms with E-state index in [1.165, 1.54) is 36.4 Å². The highest BCUT2D eigenvalue weighted by Gasteiger charge is 2.43. The molecule has 2 aromatic rings. The topological polar surface area (TPSA) is 94.1 Å². The Balaban J connectivity index is 1.56. The lowest BCUT2D eigenvalue weighted by atomic mass is 10.2. The highest BCUT2D eigenvalue weighted by molar-refractivity contribution is 5.95. The second kappa shape index (κ2) is 6.27. The van der Waals surface area contributed by atoms with Gasteiger partial charge in [-0.25, -0.2) is 4.79 Å². The fourth-order valence-corrected chi connectivity index (χ4v) is 2.07. The molecular formula is C16H11F2NO6. The summed E-state index contributed by atoms with van der Waals surface area (Å²) in [6, 6.07) is 9.14. The minimum atomic E-state index is -3.75. The smallest absolute Gasteiger partial charge is 0.508 e. The quantitative estimate of drug-likeness (QED) is 0.822. The van der Waals surface area contributed by atoms with Crippen LogP contribution in [0.5, 0.6) is 17.2 Å². The molecule has 1 amide bonds. The number of phenols is 1. The minimum absolute atomic E-state index is 0.0816. The molecule has 0 unspecified atom stereocenters. The van der Waals surface area contributed by atoms with Gasteiger partial charge in [-0.05, 0) is 30.3 Å². The number of carbonyl (C=O) groups excluding carboxylic acids is 2. The first kappa shape index (κ1) is 16.5. The van der Waals surface area contributed by atoms with Gasteiger partial charge in [0.2, 0.25) is 0 Å². The van der Waals surface area contributed by atoms with Gasteiger partial charge in [0.05, 0.1) is 5.56 Å². The first-order valence-electron chi connectivity index (χ1n) is 6.98. The van der Waals surface area contributed by atoms with E-state index in [1.54, 1.807) is 0 Å². The zero-order valence-corrected chi connectivity index (χ0v) is 12.5. The van der Waals surface area contributed by atoms with E-state index in [1.807, 2.05) is 0 Å². The zero-order chi connectivity index (χ0) is 18.0. The van der Waals surface area contributed by atoms with Crippen LogP contribution in [0.2, 0.25) is 0 Å². The molecule has 1 aliphatic heterocycles. The van der Waals surface area contributed by atoms with Crippen molar-refractivity contribution in [3.63, 3.8) is 0 Å². The Labute approximate surface area is 139 Å². The molecule has 0 atom stereocenters. The van der Waals surface area contributed by atoms with Gasteiger partial charge in [-0.1, -0.05) is 6.07 Å². The fourth-order valence-electron chi connectivity index (χ4n) is 2.07. The molecule has 1 heterocycles. The number of hydrogen-bond acceptors (Lipinski definition) is 6. The predicted octanol–water partition coefficient (Wildman–Crippen LogP) is 2.51. The first-order valence-corrected chi connectivity index (χ1v) is 6.98. The van der Waals surface area contributed by atoms with Crippen LogP contribution in [-0.2, 0) is 9.53 Å². The zero-order valence-electron chi connectivity index (χ0n) is 12.5. The molecule has 9 heteroatoms. The minimum Gasteiger partial charge on any atom is -0.508 e. The molecule has 7 nitrogen and oxygen atoms in total. The monoisotopic (exact) mass is 351 g/mol. The van der Waals surface area contributed by atoms with Crippen molar-refractivity contribution in [1.82, 2.24) is 0 Å². The summed E-state index contributed by atoms with van der Waals surface area (Å²) in [5.41, 5.74) is 0.247. The van der Waals surface area contributed by atoms with E-state index in [-0.39, 0.29) is 28.5 Å². The molecule has 0 aliphatic carbocycles. The number of rotatable bonds is 4. The fraction of sp³-hybridized carbons (Fsp3) is 0.125. The third-order valence-electron chi connectivity index (χ3n) is 3.10. The van der Waals surface area contributed by atoms with E-state index in [4.69, 9.17) is 4.74 Å². The van der Waals surface area contributed by atoms with E-state index in [0.717, 1.165) is 6.07 Å². The maximum Gasteiger partial charge on any atom is 0.586 e. The number of hydrogen-bond donors (Lipinski definition) is 2. The molecule has 130 valence electrons. The summed E-state index contributed by atoms with van der Waals surface area (Å²) in [7, 11) is 0. The third-order valence-corrected chi connectivity index (χ3v) is 3.10. The Morgan fingerprint density at radius 3 is 2.64 bits per heavy atom. The van der Waals surface area contributed by atoms with Gasteiger partial charge in [-0.15, -0.1) is 8.78 Å². The number of aromatic hydroxyl groups is 1. The Morgan fingerprint density at radius 2 is 1.88 bits per heavy atom. The number of amides is 1. The molecule has 1 aliphatic rings. The molecule has 0 aromatic heterocycles. The lowest BCUT2D eigenvalue weighted by Gasteiger charge is -2.07. The highest BCUT2D eigenvalue weighted by Crippen LogP contribution is 2.42. The van der Waals surface area contributed by atoms with Crippen LogP contribution in [0, 0.1) is 0 Å². The maximum absolute atomic E-state index is 12.9. The average molecular weight is 351 g/mol. The number of anilines is 1. The van der Waals surface area contributed by atoms with Gasteiger partial charge >= 0.3 is 12.3 Å². The average Bonchev–Trinajstić information content (AvgIpc) is 2.85. The van der Waals surface area contributed by atoms with Gasteiger partial charge in [-0.2, -0.15) is 0 Å². The second-order valence-electron chi connectivity index (χ2n) is 5.00. The van der Waals surface area contributed by atoms with E-state index < -0.39 is 24.8 Å². The van der Waals surface area contributed by atoms with Gasteiger partial charge < -0.3 is 24.6 Å². The van der Waals surface area contributed by atoms with Crippen molar-refractivity contribution in [3.05, 3.63) is 48.0 Å². The van der Waals surface area contributed by atoms with Gasteiger partial charge in [0.1, 0.15) is 5.75 Å². The van der Waals surface area contributed by atoms with E-state index in [2.05, 4.69) is 14.8 Å². The Morgan fingerprint density at radius 1 is 1.12 bits per heavy atom. The van der Waals surface area contributed by atoms with Crippen LogP contribution in [0.3, 0.4) is 0 Å². The normalized spacial score (nSPS) is 14.0. The molecule has 2 N–H and O–H groups in total. The van der Waals surface area contributed by atoms with Crippen molar-refractivity contribution in [2.75, 3.05) is 11.9 Å². The summed E-state index contributed by atoms with van der Waals surface area (Å²) >= 11 is 0. The summed E-state index contributed by atoms with van der Waals surface area (Å²) in [4.78, 5) is 23.5. The van der Waals surface area contributed by atoms with Crippen molar-refractivity contribution in [1.29, 1.82) is 0 Å². The third kappa shape index (κ3) is 3.94. The van der Waals surface area contributed by atoms with Crippen LogP contribution in [0.25, 0.3) is 0 Å². The van der Waals surface area contributed by atoms with Crippen LogP contribution >= 0.6 is 0 Å². The second-order valence-corrected chi connectivity index (χ2v) is 5.00. The van der Waals surface area contributed by atoms with E-state index >= 15 is 0 Å². The molecule has 0 spiro atoms. The lowest BCUT2D eigenvalue weighted by molar-refractivity contribution is -0.286. The standard InChI is InChI=1S/C16H11F2NO6/c17-16(18)24-12-5-4-10(7-13(12)25-16)19-14(21)8-23-15(22)9-2-1-3-11(20)6-9/h1-7,20H,8H2,(H,19,21). The van der Waals surface area contributed by atoms with Gasteiger partial charge in [0, 0.05) is 11.8 Å². The van der Waals surface area contributed by atoms with Crippen LogP contribution < -0.4 is 14.8 Å². The van der Waals surface area contributed by atoms with Crippen LogP contribution in [0.4, 0.5) is 14.5 Å². The summed E-state index contributed by atoms with van der Waals surface area (Å²) < 4.78 is 39.2. The largest absolute Gasteiger partial charge is 0.586 e. The number of benzene rings is 2. The van der Waals surface area contributed by atoms with Crippen LogP contribution in [-0.4, -0.2) is 29.9 Å². The SMILES string of the molecule is O=C(COC(=O)c1cccc(O)c1)Nc1ccc2c(c1)OC(F)(F)O2. The molecule has 25 heavy (non-hydrogen) atoms. The van der Waals surface area contributed by atoms with Crippen molar-refractivity contribution in [3.8, 4) is 17.2 Å². The van der Waals surface area contributed by atoms with Crippen LogP contribution in [0.1, 0.15) is 10.4 Å². The molecule has 0 radical (unpaired) electrons. The lowest BCUT2D eigenvalue weighted by Crippen LogP contribution is -2.25. The Hall–Kier alpha value is -3.36. The van der Waals surface area contributed by atoms with Crippen molar-refractivity contribution >= 4 is 17.6 Å². The number of phenolic OH excluding ortho intramolecular Hbond substituents is 1. The summed E-state index contributed by atoms with van der Waals surface area (Å²) in [6.07, 6.45) is -3.75. The number of alkyl halides is 2. The molecule has 0 saturated carbocycles. The summed E-state index contributed by atoms with van der Waals surface area (Å²) in [5.74, 6) is -1.97. The van der Waals surface area contributed by atoms with Gasteiger partial charge in [0.25, 0.3) is 5.91 Å². The van der Waals surface area contributed by atoms with Gasteiger partial charge in [0.15, 0.2) is 18.1 Å². The van der Waals surface area contributed by atoms with Crippen LogP contribution in [0.15, 0.2) is 42.5 Å². The van der Waals surface area contributed by atoms with Gasteiger partial charge in [-0.3, -0.25) is 4.79 Å². The first-order chi connectivity index (χ1) is 11.8. The number of esters is 1. The maximum atomic E-state index is 12.9. The molecule has 2 aromatic carbocycles. The molecule has 0 saturated heterocycles. The summed E-state index contributed by atoms with van der Waals surface area (Å²) in [6.45, 7) is -0.598. The Bertz CT molecular complexity index is 839. The molecule has 0 bridgehead atoms. The number of ether oxygens (including phenoxy) is 3. The predicted molar refractivity (Wildman–Crippen MR) is 79.7 cm³/mol. The Kier molecular flexibility index (Phi) is 4.14. The highest BCUT2D eigenvalue weighted by atomic mass is 19.3. The molecule has 0 fully saturated rings. The van der Waals surface area contributed by atoms with E-state index in [0.29, 0.717) is 0 Å². The van der Waals surface area contributed by atoms with Crippen molar-refractivity contribution < 1.29 is 37.7 Å².